The van der Waals surface area contributed by atoms with Crippen LogP contribution in [0.2, 0.25) is 0 Å². The summed E-state index contributed by atoms with van der Waals surface area (Å²) < 4.78 is 13.6. The van der Waals surface area contributed by atoms with Gasteiger partial charge in [-0.15, -0.1) is 0 Å². The average Bonchev–Trinajstić information content (AvgIpc) is 3.14. The molecule has 1 aromatic carbocycles. The number of nitrogens with zero attached hydrogens (tertiary/aromatic N) is 1. The van der Waals surface area contributed by atoms with Gasteiger partial charge >= 0.3 is 0 Å². The Morgan fingerprint density at radius 1 is 1.32 bits per heavy atom. The number of benzene rings is 1. The van der Waals surface area contributed by atoms with E-state index in [0.29, 0.717) is 6.04 Å². The molecule has 1 saturated carbocycles. The number of likely N-dealkylation sites (tertiary alicyclic amines) is 1. The number of hydrogen-bond acceptors (Lipinski definition) is 2. The largest absolute Gasteiger partial charge is 0.306 e. The smallest absolute Gasteiger partial charge is 0.126 e. The molecule has 0 spiro atoms. The zero-order chi connectivity index (χ0) is 13.4. The molecule has 2 unspecified atom stereocenters. The first-order valence-electron chi connectivity index (χ1n) is 7.39. The first-order chi connectivity index (χ1) is 9.13. The van der Waals surface area contributed by atoms with Crippen molar-refractivity contribution in [3.63, 3.8) is 0 Å². The second kappa shape index (κ2) is 5.22. The molecule has 0 aromatic heterocycles. The first-order valence-corrected chi connectivity index (χ1v) is 7.39. The van der Waals surface area contributed by atoms with E-state index < -0.39 is 0 Å². The molecular weight excluding hydrogens is 239 g/mol. The van der Waals surface area contributed by atoms with Gasteiger partial charge in [-0.25, -0.2) is 4.39 Å². The third-order valence-electron chi connectivity index (χ3n) is 4.46. The summed E-state index contributed by atoms with van der Waals surface area (Å²) in [4.78, 5) is 2.60. The Labute approximate surface area is 115 Å². The summed E-state index contributed by atoms with van der Waals surface area (Å²) in [5, 5.41) is 3.65. The lowest BCUT2D eigenvalue weighted by Crippen LogP contribution is -2.35. The normalized spacial score (nSPS) is 25.7. The molecule has 19 heavy (non-hydrogen) atoms. The van der Waals surface area contributed by atoms with E-state index in [1.807, 2.05) is 19.1 Å². The van der Waals surface area contributed by atoms with Crippen LogP contribution in [0.1, 0.15) is 43.4 Å². The summed E-state index contributed by atoms with van der Waals surface area (Å²) in [5.41, 5.74) is 1.77. The molecule has 0 radical (unpaired) electrons. The van der Waals surface area contributed by atoms with Gasteiger partial charge in [0, 0.05) is 31.2 Å². The van der Waals surface area contributed by atoms with Crippen molar-refractivity contribution >= 4 is 0 Å². The van der Waals surface area contributed by atoms with Crippen LogP contribution >= 0.6 is 0 Å². The Bertz CT molecular complexity index is 456. The van der Waals surface area contributed by atoms with E-state index in [1.54, 1.807) is 6.07 Å². The summed E-state index contributed by atoms with van der Waals surface area (Å²) >= 11 is 0. The minimum absolute atomic E-state index is 0.0998. The van der Waals surface area contributed by atoms with E-state index in [0.717, 1.165) is 23.7 Å². The Kier molecular flexibility index (Phi) is 3.59. The van der Waals surface area contributed by atoms with E-state index in [9.17, 15) is 4.39 Å². The van der Waals surface area contributed by atoms with Crippen LogP contribution in [0.5, 0.6) is 0 Å². The zero-order valence-electron chi connectivity index (χ0n) is 11.8. The van der Waals surface area contributed by atoms with Gasteiger partial charge in [-0.05, 0) is 50.3 Å². The van der Waals surface area contributed by atoms with Crippen LogP contribution in [0, 0.1) is 12.7 Å². The Balaban J connectivity index is 1.58. The molecule has 1 N–H and O–H groups in total. The summed E-state index contributed by atoms with van der Waals surface area (Å²) in [6.07, 6.45) is 3.98. The molecule has 1 aliphatic carbocycles. The summed E-state index contributed by atoms with van der Waals surface area (Å²) in [6.45, 7) is 6.31. The minimum atomic E-state index is -0.0998. The summed E-state index contributed by atoms with van der Waals surface area (Å²) in [7, 11) is 0. The fraction of sp³-hybridized carbons (Fsp3) is 0.625. The molecule has 0 bridgehead atoms. The standard InChI is InChI=1S/C16H23FN2/c1-11-3-4-13(9-16(11)17)12(2)18-14-7-8-19(10-14)15-5-6-15/h3-4,9,12,14-15,18H,5-8,10H2,1-2H3. The molecule has 2 atom stereocenters. The van der Waals surface area contributed by atoms with E-state index in [1.165, 1.54) is 25.8 Å². The SMILES string of the molecule is Cc1ccc(C(C)NC2CCN(C3CC3)C2)cc1F. The van der Waals surface area contributed by atoms with E-state index in [2.05, 4.69) is 17.1 Å². The van der Waals surface area contributed by atoms with Crippen molar-refractivity contribution in [2.45, 2.75) is 51.2 Å². The van der Waals surface area contributed by atoms with Gasteiger partial charge in [-0.2, -0.15) is 0 Å². The third-order valence-corrected chi connectivity index (χ3v) is 4.46. The van der Waals surface area contributed by atoms with Crippen molar-refractivity contribution in [3.8, 4) is 0 Å². The number of rotatable bonds is 4. The zero-order valence-corrected chi connectivity index (χ0v) is 11.8. The van der Waals surface area contributed by atoms with Gasteiger partial charge in [0.1, 0.15) is 5.82 Å². The lowest BCUT2D eigenvalue weighted by atomic mass is 10.0. The van der Waals surface area contributed by atoms with Gasteiger partial charge in [0.25, 0.3) is 0 Å². The average molecular weight is 262 g/mol. The molecule has 1 aliphatic heterocycles. The molecule has 2 aliphatic rings. The molecule has 1 saturated heterocycles. The predicted octanol–water partition coefficient (Wildman–Crippen LogP) is 3.02. The van der Waals surface area contributed by atoms with Crippen LogP contribution in [-0.2, 0) is 0 Å². The molecule has 104 valence electrons. The van der Waals surface area contributed by atoms with Crippen molar-refractivity contribution in [1.82, 2.24) is 10.2 Å². The molecule has 3 heteroatoms. The highest BCUT2D eigenvalue weighted by Crippen LogP contribution is 2.30. The third kappa shape index (κ3) is 2.98. The van der Waals surface area contributed by atoms with E-state index in [-0.39, 0.29) is 11.9 Å². The fourth-order valence-corrected chi connectivity index (χ4v) is 3.02. The van der Waals surface area contributed by atoms with Gasteiger partial charge in [0.2, 0.25) is 0 Å². The van der Waals surface area contributed by atoms with Gasteiger partial charge in [-0.1, -0.05) is 12.1 Å². The summed E-state index contributed by atoms with van der Waals surface area (Å²) in [5.74, 6) is -0.0998. The van der Waals surface area contributed by atoms with Gasteiger partial charge in [0.15, 0.2) is 0 Å². The van der Waals surface area contributed by atoms with Crippen molar-refractivity contribution in [3.05, 3.63) is 35.1 Å². The Morgan fingerprint density at radius 3 is 2.79 bits per heavy atom. The topological polar surface area (TPSA) is 15.3 Å². The molecule has 2 fully saturated rings. The maximum Gasteiger partial charge on any atom is 0.126 e. The van der Waals surface area contributed by atoms with Crippen molar-refractivity contribution < 1.29 is 4.39 Å². The molecular formula is C16H23FN2. The van der Waals surface area contributed by atoms with Gasteiger partial charge in [-0.3, -0.25) is 4.90 Å². The van der Waals surface area contributed by atoms with Crippen LogP contribution in [0.3, 0.4) is 0 Å². The predicted molar refractivity (Wildman–Crippen MR) is 75.7 cm³/mol. The molecule has 3 rings (SSSR count). The monoisotopic (exact) mass is 262 g/mol. The molecule has 1 aromatic rings. The van der Waals surface area contributed by atoms with Crippen molar-refractivity contribution in [2.75, 3.05) is 13.1 Å². The van der Waals surface area contributed by atoms with Gasteiger partial charge < -0.3 is 5.32 Å². The highest BCUT2D eigenvalue weighted by molar-refractivity contribution is 5.25. The highest BCUT2D eigenvalue weighted by atomic mass is 19.1. The maximum absolute atomic E-state index is 13.6. The number of nitrogens with one attached hydrogen (secondary N) is 1. The van der Waals surface area contributed by atoms with Crippen LogP contribution in [-0.4, -0.2) is 30.1 Å². The van der Waals surface area contributed by atoms with Crippen LogP contribution < -0.4 is 5.32 Å². The lowest BCUT2D eigenvalue weighted by Gasteiger charge is -2.21. The maximum atomic E-state index is 13.6. The number of aryl methyl sites for hydroxylation is 1. The molecule has 2 nitrogen and oxygen atoms in total. The lowest BCUT2D eigenvalue weighted by molar-refractivity contribution is 0.313. The number of halogens is 1. The Hall–Kier alpha value is -0.930. The van der Waals surface area contributed by atoms with E-state index >= 15 is 0 Å². The minimum Gasteiger partial charge on any atom is -0.306 e. The summed E-state index contributed by atoms with van der Waals surface area (Å²) in [6, 6.07) is 7.20. The molecule has 1 heterocycles. The second-order valence-electron chi connectivity index (χ2n) is 6.11. The quantitative estimate of drug-likeness (QED) is 0.897. The van der Waals surface area contributed by atoms with Crippen molar-refractivity contribution in [1.29, 1.82) is 0 Å². The van der Waals surface area contributed by atoms with Gasteiger partial charge in [0.05, 0.1) is 0 Å². The fourth-order valence-electron chi connectivity index (χ4n) is 3.02. The van der Waals surface area contributed by atoms with Crippen molar-refractivity contribution in [2.24, 2.45) is 0 Å². The molecule has 0 amide bonds. The second-order valence-corrected chi connectivity index (χ2v) is 6.11. The number of hydrogen-bond donors (Lipinski definition) is 1. The van der Waals surface area contributed by atoms with Crippen LogP contribution in [0.15, 0.2) is 18.2 Å². The first kappa shape index (κ1) is 13.1. The van der Waals surface area contributed by atoms with E-state index in [4.69, 9.17) is 0 Å². The highest BCUT2D eigenvalue weighted by Gasteiger charge is 2.34. The Morgan fingerprint density at radius 2 is 2.11 bits per heavy atom. The van der Waals surface area contributed by atoms with Crippen LogP contribution in [0.25, 0.3) is 0 Å². The van der Waals surface area contributed by atoms with Crippen LogP contribution in [0.4, 0.5) is 4.39 Å².